The molecule has 23 heavy (non-hydrogen) atoms. The second kappa shape index (κ2) is 6.83. The smallest absolute Gasteiger partial charge is 0.270 e. The van der Waals surface area contributed by atoms with E-state index in [1.165, 1.54) is 0 Å². The number of pyridine rings is 1. The molecule has 1 fully saturated rings. The van der Waals surface area contributed by atoms with Crippen molar-refractivity contribution in [1.82, 2.24) is 20.2 Å². The van der Waals surface area contributed by atoms with Crippen LogP contribution in [0, 0.1) is 0 Å². The maximum absolute atomic E-state index is 12.3. The number of amides is 2. The van der Waals surface area contributed by atoms with E-state index in [-0.39, 0.29) is 17.9 Å². The van der Waals surface area contributed by atoms with Crippen molar-refractivity contribution in [3.8, 4) is 0 Å². The van der Waals surface area contributed by atoms with Gasteiger partial charge in [-0.3, -0.25) is 14.6 Å². The predicted molar refractivity (Wildman–Crippen MR) is 86.4 cm³/mol. The third-order valence-electron chi connectivity index (χ3n) is 3.92. The van der Waals surface area contributed by atoms with Gasteiger partial charge in [-0.05, 0) is 31.0 Å². The summed E-state index contributed by atoms with van der Waals surface area (Å²) in [5.74, 6) is -0.187. The molecule has 1 aliphatic heterocycles. The number of carbonyl (C=O) groups is 2. The summed E-state index contributed by atoms with van der Waals surface area (Å²) in [4.78, 5) is 33.0. The summed E-state index contributed by atoms with van der Waals surface area (Å²) in [6.45, 7) is 1.21. The van der Waals surface area contributed by atoms with Crippen LogP contribution in [0.2, 0.25) is 5.02 Å². The number of aromatic nitrogens is 2. The summed E-state index contributed by atoms with van der Waals surface area (Å²) in [5.41, 5.74) is 1.04. The average molecular weight is 333 g/mol. The monoisotopic (exact) mass is 332 g/mol. The lowest BCUT2D eigenvalue weighted by molar-refractivity contribution is 0.0693. The number of aromatic amines is 1. The maximum atomic E-state index is 12.3. The quantitative estimate of drug-likeness (QED) is 0.903. The van der Waals surface area contributed by atoms with Crippen LogP contribution in [0.25, 0.3) is 0 Å². The normalized spacial score (nSPS) is 15.4. The fraction of sp³-hybridized carbons (Fsp3) is 0.312. The number of likely N-dealkylation sites (tertiary alicyclic amines) is 1. The van der Waals surface area contributed by atoms with E-state index in [2.05, 4.69) is 15.3 Å². The van der Waals surface area contributed by atoms with Gasteiger partial charge < -0.3 is 15.2 Å². The molecule has 0 saturated carbocycles. The average Bonchev–Trinajstić information content (AvgIpc) is 3.02. The molecule has 0 unspecified atom stereocenters. The van der Waals surface area contributed by atoms with Gasteiger partial charge in [-0.15, -0.1) is 0 Å². The number of piperidine rings is 1. The van der Waals surface area contributed by atoms with E-state index in [4.69, 9.17) is 11.6 Å². The summed E-state index contributed by atoms with van der Waals surface area (Å²) >= 11 is 5.83. The minimum Gasteiger partial charge on any atom is -0.356 e. The van der Waals surface area contributed by atoms with E-state index in [9.17, 15) is 9.59 Å². The van der Waals surface area contributed by atoms with Crippen LogP contribution in [0.4, 0.5) is 0 Å². The molecule has 1 saturated heterocycles. The van der Waals surface area contributed by atoms with E-state index >= 15 is 0 Å². The molecular formula is C16H17ClN4O2. The minimum atomic E-state index is -0.126. The number of nitrogens with zero attached hydrogens (tertiary/aromatic N) is 2. The Morgan fingerprint density at radius 1 is 1.35 bits per heavy atom. The van der Waals surface area contributed by atoms with Crippen molar-refractivity contribution < 1.29 is 9.59 Å². The predicted octanol–water partition coefficient (Wildman–Crippen LogP) is 2.10. The van der Waals surface area contributed by atoms with Crippen LogP contribution in [0.1, 0.15) is 33.7 Å². The molecule has 7 heteroatoms. The van der Waals surface area contributed by atoms with Crippen molar-refractivity contribution in [3.63, 3.8) is 0 Å². The Balaban J connectivity index is 1.52. The Labute approximate surface area is 138 Å². The maximum Gasteiger partial charge on any atom is 0.270 e. The molecule has 0 aromatic carbocycles. The van der Waals surface area contributed by atoms with E-state index in [1.54, 1.807) is 41.7 Å². The Morgan fingerprint density at radius 2 is 2.13 bits per heavy atom. The van der Waals surface area contributed by atoms with Crippen LogP contribution in [-0.2, 0) is 0 Å². The fourth-order valence-corrected chi connectivity index (χ4v) is 2.82. The minimum absolute atomic E-state index is 0.0612. The van der Waals surface area contributed by atoms with Crippen molar-refractivity contribution in [2.75, 3.05) is 13.1 Å². The molecule has 0 aliphatic carbocycles. The van der Waals surface area contributed by atoms with Crippen molar-refractivity contribution in [3.05, 3.63) is 53.1 Å². The van der Waals surface area contributed by atoms with Gasteiger partial charge in [-0.1, -0.05) is 11.6 Å². The summed E-state index contributed by atoms with van der Waals surface area (Å²) < 4.78 is 0. The summed E-state index contributed by atoms with van der Waals surface area (Å²) in [7, 11) is 0. The third-order valence-corrected chi connectivity index (χ3v) is 4.14. The van der Waals surface area contributed by atoms with Gasteiger partial charge in [0.25, 0.3) is 11.8 Å². The second-order valence-corrected chi connectivity index (χ2v) is 5.95. The van der Waals surface area contributed by atoms with Gasteiger partial charge in [-0.25, -0.2) is 0 Å². The Morgan fingerprint density at radius 3 is 2.74 bits per heavy atom. The number of hydrogen-bond acceptors (Lipinski definition) is 3. The molecule has 6 nitrogen and oxygen atoms in total. The number of H-pyrrole nitrogens is 1. The van der Waals surface area contributed by atoms with Gasteiger partial charge in [0, 0.05) is 37.7 Å². The number of rotatable bonds is 3. The summed E-state index contributed by atoms with van der Waals surface area (Å²) in [5, 5.41) is 3.51. The van der Waals surface area contributed by atoms with Crippen molar-refractivity contribution in [2.45, 2.75) is 18.9 Å². The van der Waals surface area contributed by atoms with Crippen LogP contribution in [-0.4, -0.2) is 45.8 Å². The molecule has 0 spiro atoms. The zero-order valence-corrected chi connectivity index (χ0v) is 13.2. The van der Waals surface area contributed by atoms with Crippen LogP contribution in [0.3, 0.4) is 0 Å². The molecular weight excluding hydrogens is 316 g/mol. The van der Waals surface area contributed by atoms with E-state index < -0.39 is 0 Å². The SMILES string of the molecule is O=C(NC1CCN(C(=O)c2cc(Cl)c[nH]2)CC1)c1cccnc1. The third kappa shape index (κ3) is 3.71. The topological polar surface area (TPSA) is 78.1 Å². The standard InChI is InChI=1S/C16H17ClN4O2/c17-12-8-14(19-10-12)16(23)21-6-3-13(4-7-21)20-15(22)11-2-1-5-18-9-11/h1-2,5,8-10,13,19H,3-4,6-7H2,(H,20,22). The van der Waals surface area contributed by atoms with Gasteiger partial charge in [0.2, 0.25) is 0 Å². The zero-order valence-electron chi connectivity index (χ0n) is 12.5. The molecule has 3 rings (SSSR count). The highest BCUT2D eigenvalue weighted by Crippen LogP contribution is 2.16. The molecule has 3 heterocycles. The van der Waals surface area contributed by atoms with Gasteiger partial charge in [0.15, 0.2) is 0 Å². The fourth-order valence-electron chi connectivity index (χ4n) is 2.65. The molecule has 0 atom stereocenters. The van der Waals surface area contributed by atoms with Crippen LogP contribution in [0.5, 0.6) is 0 Å². The van der Waals surface area contributed by atoms with Gasteiger partial charge in [-0.2, -0.15) is 0 Å². The van der Waals surface area contributed by atoms with Crippen molar-refractivity contribution in [1.29, 1.82) is 0 Å². The van der Waals surface area contributed by atoms with Crippen LogP contribution < -0.4 is 5.32 Å². The van der Waals surface area contributed by atoms with Gasteiger partial charge in [0.1, 0.15) is 5.69 Å². The Bertz CT molecular complexity index is 693. The highest BCUT2D eigenvalue weighted by molar-refractivity contribution is 6.30. The first-order valence-electron chi connectivity index (χ1n) is 7.47. The lowest BCUT2D eigenvalue weighted by atomic mass is 10.0. The summed E-state index contributed by atoms with van der Waals surface area (Å²) in [6, 6.07) is 5.16. The molecule has 2 N–H and O–H groups in total. The zero-order chi connectivity index (χ0) is 16.2. The number of hydrogen-bond donors (Lipinski definition) is 2. The number of nitrogens with one attached hydrogen (secondary N) is 2. The Hall–Kier alpha value is -2.34. The van der Waals surface area contributed by atoms with E-state index in [1.807, 2.05) is 0 Å². The molecule has 0 bridgehead atoms. The van der Waals surface area contributed by atoms with E-state index in [0.717, 1.165) is 12.8 Å². The van der Waals surface area contributed by atoms with Crippen LogP contribution in [0.15, 0.2) is 36.8 Å². The molecule has 2 aromatic rings. The lowest BCUT2D eigenvalue weighted by Crippen LogP contribution is -2.46. The first-order valence-corrected chi connectivity index (χ1v) is 7.85. The molecule has 1 aliphatic rings. The summed E-state index contributed by atoms with van der Waals surface area (Å²) in [6.07, 6.45) is 6.23. The highest BCUT2D eigenvalue weighted by Gasteiger charge is 2.25. The second-order valence-electron chi connectivity index (χ2n) is 5.51. The van der Waals surface area contributed by atoms with Gasteiger partial charge in [0.05, 0.1) is 10.6 Å². The number of halogens is 1. The van der Waals surface area contributed by atoms with Crippen LogP contribution >= 0.6 is 11.6 Å². The molecule has 120 valence electrons. The molecule has 0 radical (unpaired) electrons. The van der Waals surface area contributed by atoms with Crippen molar-refractivity contribution in [2.24, 2.45) is 0 Å². The lowest BCUT2D eigenvalue weighted by Gasteiger charge is -2.32. The highest BCUT2D eigenvalue weighted by atomic mass is 35.5. The molecule has 2 amide bonds. The first-order chi connectivity index (χ1) is 11.1. The number of carbonyl (C=O) groups excluding carboxylic acids is 2. The first kappa shape index (κ1) is 15.6. The van der Waals surface area contributed by atoms with Crippen molar-refractivity contribution >= 4 is 23.4 Å². The largest absolute Gasteiger partial charge is 0.356 e. The van der Waals surface area contributed by atoms with Gasteiger partial charge >= 0.3 is 0 Å². The molecule has 2 aromatic heterocycles. The van der Waals surface area contributed by atoms with E-state index in [0.29, 0.717) is 29.4 Å². The Kier molecular flexibility index (Phi) is 4.62.